The van der Waals surface area contributed by atoms with Gasteiger partial charge in [0.05, 0.1) is 13.5 Å². The lowest BCUT2D eigenvalue weighted by Gasteiger charge is -2.24. The van der Waals surface area contributed by atoms with Crippen molar-refractivity contribution in [1.82, 2.24) is 0 Å². The fourth-order valence-corrected chi connectivity index (χ4v) is 2.78. The van der Waals surface area contributed by atoms with Crippen LogP contribution in [0, 0.1) is 0 Å². The molecule has 0 bridgehead atoms. The summed E-state index contributed by atoms with van der Waals surface area (Å²) >= 11 is 0. The molecule has 0 radical (unpaired) electrons. The quantitative estimate of drug-likeness (QED) is 0.761. The maximum Gasteiger partial charge on any atom is 0.228 e. The van der Waals surface area contributed by atoms with Crippen LogP contribution < -0.4 is 20.7 Å². The van der Waals surface area contributed by atoms with Crippen LogP contribution in [0.1, 0.15) is 19.4 Å². The number of fused-ring (bicyclic) bond motifs is 1. The molecular weight excluding hydrogens is 302 g/mol. The third-order valence-corrected chi connectivity index (χ3v) is 4.36. The highest BCUT2D eigenvalue weighted by Gasteiger charge is 2.18. The van der Waals surface area contributed by atoms with Crippen LogP contribution in [-0.4, -0.2) is 25.1 Å². The molecule has 0 fully saturated rings. The van der Waals surface area contributed by atoms with E-state index < -0.39 is 0 Å². The molecule has 126 valence electrons. The minimum atomic E-state index is 0.0599. The molecule has 5 nitrogen and oxygen atoms in total. The fraction of sp³-hybridized carbons (Fsp3) is 0.316. The molecule has 0 saturated carbocycles. The number of hydrogen-bond acceptors (Lipinski definition) is 4. The van der Waals surface area contributed by atoms with Crippen molar-refractivity contribution >= 4 is 23.0 Å². The van der Waals surface area contributed by atoms with Gasteiger partial charge in [-0.15, -0.1) is 0 Å². The third-order valence-electron chi connectivity index (χ3n) is 4.36. The number of carbonyl (C=O) groups excluding carboxylic acids is 1. The number of anilines is 3. The molecule has 3 N–H and O–H groups in total. The van der Waals surface area contributed by atoms with Gasteiger partial charge in [0.15, 0.2) is 0 Å². The SMILES string of the molecule is COc1ccc(NC(C)C(C)Nc2ccc3c(c2)CC(=O)N3)cc1. The Morgan fingerprint density at radius 2 is 1.62 bits per heavy atom. The Kier molecular flexibility index (Phi) is 4.60. The molecule has 0 spiro atoms. The van der Waals surface area contributed by atoms with Crippen LogP contribution >= 0.6 is 0 Å². The minimum Gasteiger partial charge on any atom is -0.497 e. The van der Waals surface area contributed by atoms with E-state index >= 15 is 0 Å². The van der Waals surface area contributed by atoms with E-state index in [4.69, 9.17) is 4.74 Å². The first-order valence-corrected chi connectivity index (χ1v) is 8.15. The van der Waals surface area contributed by atoms with Crippen LogP contribution in [0.3, 0.4) is 0 Å². The largest absolute Gasteiger partial charge is 0.497 e. The molecule has 0 aliphatic carbocycles. The van der Waals surface area contributed by atoms with E-state index in [2.05, 4.69) is 29.8 Å². The summed E-state index contributed by atoms with van der Waals surface area (Å²) in [7, 11) is 1.66. The van der Waals surface area contributed by atoms with E-state index in [1.165, 1.54) is 0 Å². The van der Waals surface area contributed by atoms with Crippen LogP contribution in [0.4, 0.5) is 17.1 Å². The molecule has 1 aliphatic rings. The van der Waals surface area contributed by atoms with Gasteiger partial charge in [-0.3, -0.25) is 4.79 Å². The number of methoxy groups -OCH3 is 1. The molecule has 5 heteroatoms. The smallest absolute Gasteiger partial charge is 0.228 e. The molecule has 3 rings (SSSR count). The first-order valence-electron chi connectivity index (χ1n) is 8.15. The summed E-state index contributed by atoms with van der Waals surface area (Å²) < 4.78 is 5.18. The highest BCUT2D eigenvalue weighted by atomic mass is 16.5. The van der Waals surface area contributed by atoms with Gasteiger partial charge in [0.2, 0.25) is 5.91 Å². The second kappa shape index (κ2) is 6.83. The summed E-state index contributed by atoms with van der Waals surface area (Å²) in [5.41, 5.74) is 4.05. The van der Waals surface area contributed by atoms with Gasteiger partial charge in [-0.1, -0.05) is 0 Å². The van der Waals surface area contributed by atoms with E-state index in [0.717, 1.165) is 28.4 Å². The Morgan fingerprint density at radius 1 is 1.00 bits per heavy atom. The Hall–Kier alpha value is -2.69. The number of hydrogen-bond donors (Lipinski definition) is 3. The summed E-state index contributed by atoms with van der Waals surface area (Å²) in [5, 5.41) is 9.84. The molecular formula is C19H23N3O2. The lowest BCUT2D eigenvalue weighted by Crippen LogP contribution is -2.34. The lowest BCUT2D eigenvalue weighted by molar-refractivity contribution is -0.115. The van der Waals surface area contributed by atoms with Crippen molar-refractivity contribution in [2.24, 2.45) is 0 Å². The average molecular weight is 325 g/mol. The molecule has 1 aliphatic heterocycles. The van der Waals surface area contributed by atoms with Gasteiger partial charge < -0.3 is 20.7 Å². The summed E-state index contributed by atoms with van der Waals surface area (Å²) in [6.45, 7) is 4.28. The maximum absolute atomic E-state index is 11.4. The van der Waals surface area contributed by atoms with Gasteiger partial charge in [-0.05, 0) is 61.9 Å². The summed E-state index contributed by atoms with van der Waals surface area (Å²) in [5.74, 6) is 0.908. The van der Waals surface area contributed by atoms with Crippen LogP contribution in [0.5, 0.6) is 5.75 Å². The second-order valence-electron chi connectivity index (χ2n) is 6.19. The number of nitrogens with one attached hydrogen (secondary N) is 3. The van der Waals surface area contributed by atoms with Crippen LogP contribution in [-0.2, 0) is 11.2 Å². The maximum atomic E-state index is 11.4. The van der Waals surface area contributed by atoms with Crippen LogP contribution in [0.15, 0.2) is 42.5 Å². The number of ether oxygens (including phenoxy) is 1. The number of rotatable bonds is 6. The first-order chi connectivity index (χ1) is 11.5. The van der Waals surface area contributed by atoms with Gasteiger partial charge in [-0.25, -0.2) is 0 Å². The monoisotopic (exact) mass is 325 g/mol. The number of carbonyl (C=O) groups is 1. The van der Waals surface area contributed by atoms with Gasteiger partial charge >= 0.3 is 0 Å². The van der Waals surface area contributed by atoms with E-state index in [1.54, 1.807) is 7.11 Å². The zero-order valence-corrected chi connectivity index (χ0v) is 14.2. The normalized spacial score (nSPS) is 15.2. The Labute approximate surface area is 142 Å². The predicted octanol–water partition coefficient (Wildman–Crippen LogP) is 3.49. The summed E-state index contributed by atoms with van der Waals surface area (Å²) in [6, 6.07) is 14.3. The van der Waals surface area contributed by atoms with E-state index in [-0.39, 0.29) is 18.0 Å². The molecule has 1 amide bonds. The molecule has 0 aromatic heterocycles. The van der Waals surface area contributed by atoms with Crippen molar-refractivity contribution in [3.63, 3.8) is 0 Å². The Balaban J connectivity index is 1.60. The molecule has 2 unspecified atom stereocenters. The van der Waals surface area contributed by atoms with Crippen molar-refractivity contribution in [3.05, 3.63) is 48.0 Å². The Morgan fingerprint density at radius 3 is 2.29 bits per heavy atom. The minimum absolute atomic E-state index is 0.0599. The van der Waals surface area contributed by atoms with Gasteiger partial charge in [0.1, 0.15) is 5.75 Å². The first kappa shape index (κ1) is 16.2. The van der Waals surface area contributed by atoms with E-state index in [0.29, 0.717) is 6.42 Å². The van der Waals surface area contributed by atoms with Crippen molar-refractivity contribution in [3.8, 4) is 5.75 Å². The molecule has 24 heavy (non-hydrogen) atoms. The van der Waals surface area contributed by atoms with Crippen LogP contribution in [0.25, 0.3) is 0 Å². The summed E-state index contributed by atoms with van der Waals surface area (Å²) in [4.78, 5) is 11.4. The molecule has 2 atom stereocenters. The second-order valence-corrected chi connectivity index (χ2v) is 6.19. The van der Waals surface area contributed by atoms with E-state index in [1.807, 2.05) is 42.5 Å². The lowest BCUT2D eigenvalue weighted by atomic mass is 10.1. The fourth-order valence-electron chi connectivity index (χ4n) is 2.78. The number of benzene rings is 2. The molecule has 1 heterocycles. The van der Waals surface area contributed by atoms with Crippen LogP contribution in [0.2, 0.25) is 0 Å². The molecule has 0 saturated heterocycles. The third kappa shape index (κ3) is 3.62. The van der Waals surface area contributed by atoms with Crippen molar-refractivity contribution in [2.75, 3.05) is 23.1 Å². The van der Waals surface area contributed by atoms with Crippen molar-refractivity contribution in [1.29, 1.82) is 0 Å². The standard InChI is InChI=1S/C19H23N3O2/c1-12(20-15-4-7-17(24-3)8-5-15)13(2)21-16-6-9-18-14(10-16)11-19(23)22-18/h4-10,12-13,20-21H,11H2,1-3H3,(H,22,23). The average Bonchev–Trinajstić information content (AvgIpc) is 2.94. The van der Waals surface area contributed by atoms with Crippen molar-refractivity contribution in [2.45, 2.75) is 32.4 Å². The molecule has 2 aromatic rings. The highest BCUT2D eigenvalue weighted by molar-refractivity contribution is 5.99. The van der Waals surface area contributed by atoms with Gasteiger partial charge in [0, 0.05) is 29.1 Å². The zero-order chi connectivity index (χ0) is 17.1. The number of amides is 1. The van der Waals surface area contributed by atoms with E-state index in [9.17, 15) is 4.79 Å². The van der Waals surface area contributed by atoms with Gasteiger partial charge in [0.25, 0.3) is 0 Å². The Bertz CT molecular complexity index is 728. The van der Waals surface area contributed by atoms with Gasteiger partial charge in [-0.2, -0.15) is 0 Å². The summed E-state index contributed by atoms with van der Waals surface area (Å²) in [6.07, 6.45) is 0.457. The zero-order valence-electron chi connectivity index (χ0n) is 14.2. The predicted molar refractivity (Wildman–Crippen MR) is 97.9 cm³/mol. The highest BCUT2D eigenvalue weighted by Crippen LogP contribution is 2.26. The van der Waals surface area contributed by atoms with Crippen molar-refractivity contribution < 1.29 is 9.53 Å². The topological polar surface area (TPSA) is 62.4 Å². The molecule has 2 aromatic carbocycles.